The van der Waals surface area contributed by atoms with Gasteiger partial charge in [0.15, 0.2) is 16.5 Å². The lowest BCUT2D eigenvalue weighted by Gasteiger charge is -2.17. The summed E-state index contributed by atoms with van der Waals surface area (Å²) in [5, 5.41) is 0. The third-order valence-electron chi connectivity index (χ3n) is 1.50. The predicted octanol–water partition coefficient (Wildman–Crippen LogP) is 3.48. The summed E-state index contributed by atoms with van der Waals surface area (Å²) in [4.78, 5) is 0. The summed E-state index contributed by atoms with van der Waals surface area (Å²) in [5.41, 5.74) is 0. The lowest BCUT2D eigenvalue weighted by Crippen LogP contribution is -2.32. The van der Waals surface area contributed by atoms with E-state index in [2.05, 4.69) is 0 Å². The van der Waals surface area contributed by atoms with Gasteiger partial charge in [0.2, 0.25) is 0 Å². The second-order valence-corrected chi connectivity index (χ2v) is 3.76. The molecule has 0 saturated heterocycles. The van der Waals surface area contributed by atoms with Crippen molar-refractivity contribution in [3.8, 4) is 0 Å². The number of alkyl halides is 6. The van der Waals surface area contributed by atoms with Crippen LogP contribution in [0.1, 0.15) is 12.8 Å². The van der Waals surface area contributed by atoms with Crippen LogP contribution >= 0.6 is 22.6 Å². The highest BCUT2D eigenvalue weighted by atomic mass is 127. The molecule has 13 heavy (non-hydrogen) atoms. The predicted molar refractivity (Wildman–Crippen MR) is 48.8 cm³/mol. The molecule has 0 amide bonds. The van der Waals surface area contributed by atoms with Crippen molar-refractivity contribution in [2.75, 3.05) is 6.67 Å². The van der Waals surface area contributed by atoms with Crippen molar-refractivity contribution in [2.24, 2.45) is 0 Å². The summed E-state index contributed by atoms with van der Waals surface area (Å²) >= 11 is 1.03. The van der Waals surface area contributed by atoms with Gasteiger partial charge in [-0.05, 0) is 35.4 Å². The summed E-state index contributed by atoms with van der Waals surface area (Å²) in [6.07, 6.45) is -7.69. The van der Waals surface area contributed by atoms with E-state index in [-0.39, 0.29) is 6.42 Å². The van der Waals surface area contributed by atoms with Crippen LogP contribution in [0.2, 0.25) is 0 Å². The van der Waals surface area contributed by atoms with Gasteiger partial charge in [-0.15, -0.1) is 0 Å². The molecule has 0 aliphatic heterocycles. The molecule has 4 unspecified atom stereocenters. The van der Waals surface area contributed by atoms with Crippen molar-refractivity contribution in [2.45, 2.75) is 35.5 Å². The Labute approximate surface area is 87.0 Å². The first kappa shape index (κ1) is 13.4. The zero-order valence-corrected chi connectivity index (χ0v) is 8.86. The van der Waals surface area contributed by atoms with Gasteiger partial charge in [-0.25, -0.2) is 17.6 Å². The van der Waals surface area contributed by atoms with Crippen LogP contribution in [0.3, 0.4) is 0 Å². The minimum atomic E-state index is -2.50. The van der Waals surface area contributed by atoms with E-state index in [4.69, 9.17) is 0 Å². The van der Waals surface area contributed by atoms with E-state index in [1.165, 1.54) is 0 Å². The molecule has 0 saturated carbocycles. The maximum absolute atomic E-state index is 12.6. The molecular formula is C7H10F5I. The fourth-order valence-electron chi connectivity index (χ4n) is 0.770. The maximum Gasteiger partial charge on any atom is 0.185 e. The zero-order valence-electron chi connectivity index (χ0n) is 6.70. The largest absolute Gasteiger partial charge is 0.251 e. The van der Waals surface area contributed by atoms with E-state index in [0.717, 1.165) is 22.6 Å². The van der Waals surface area contributed by atoms with Crippen molar-refractivity contribution < 1.29 is 22.0 Å². The number of rotatable bonds is 6. The third kappa shape index (κ3) is 4.97. The van der Waals surface area contributed by atoms with Gasteiger partial charge in [-0.2, -0.15) is 0 Å². The first-order valence-corrected chi connectivity index (χ1v) is 5.01. The fourth-order valence-corrected chi connectivity index (χ4v) is 1.17. The molecular weight excluding hydrogens is 306 g/mol. The van der Waals surface area contributed by atoms with E-state index >= 15 is 0 Å². The lowest BCUT2D eigenvalue weighted by atomic mass is 10.1. The second-order valence-electron chi connectivity index (χ2n) is 2.57. The number of halogens is 6. The molecule has 0 aliphatic carbocycles. The third-order valence-corrected chi connectivity index (χ3v) is 2.19. The van der Waals surface area contributed by atoms with E-state index in [1.807, 2.05) is 0 Å². The summed E-state index contributed by atoms with van der Waals surface area (Å²) in [6.45, 7) is -0.784. The van der Waals surface area contributed by atoms with Gasteiger partial charge in [-0.1, -0.05) is 0 Å². The first-order valence-electron chi connectivity index (χ1n) is 3.77. The van der Waals surface area contributed by atoms with Crippen molar-refractivity contribution in [3.05, 3.63) is 0 Å². The van der Waals surface area contributed by atoms with Crippen LogP contribution < -0.4 is 0 Å². The smallest absolute Gasteiger partial charge is 0.185 e. The average Bonchev–Trinajstić information content (AvgIpc) is 2.11. The Morgan fingerprint density at radius 1 is 1.00 bits per heavy atom. The van der Waals surface area contributed by atoms with Gasteiger partial charge >= 0.3 is 0 Å². The molecule has 0 spiro atoms. The Morgan fingerprint density at radius 3 is 1.92 bits per heavy atom. The van der Waals surface area contributed by atoms with E-state index in [0.29, 0.717) is 0 Å². The molecule has 6 heteroatoms. The molecule has 0 aliphatic rings. The molecule has 0 aromatic heterocycles. The quantitative estimate of drug-likeness (QED) is 0.400. The van der Waals surface area contributed by atoms with Crippen LogP contribution in [0.4, 0.5) is 22.0 Å². The molecule has 4 atom stereocenters. The Bertz CT molecular complexity index is 132. The van der Waals surface area contributed by atoms with Crippen molar-refractivity contribution >= 4 is 22.6 Å². The van der Waals surface area contributed by atoms with E-state index < -0.39 is 35.8 Å². The van der Waals surface area contributed by atoms with Crippen LogP contribution in [0.25, 0.3) is 0 Å². The van der Waals surface area contributed by atoms with Crippen LogP contribution in [0.15, 0.2) is 0 Å². The molecule has 0 N–H and O–H groups in total. The Hall–Kier alpha value is 0.380. The molecule has 0 aromatic carbocycles. The van der Waals surface area contributed by atoms with Crippen LogP contribution in [0, 0.1) is 0 Å². The van der Waals surface area contributed by atoms with Crippen LogP contribution in [0.5, 0.6) is 0 Å². The van der Waals surface area contributed by atoms with Gasteiger partial charge in [-0.3, -0.25) is 4.39 Å². The molecule has 0 rings (SSSR count). The van der Waals surface area contributed by atoms with Gasteiger partial charge in [0.25, 0.3) is 0 Å². The minimum absolute atomic E-state index is 0.174. The highest BCUT2D eigenvalue weighted by molar-refractivity contribution is 14.1. The van der Waals surface area contributed by atoms with Crippen molar-refractivity contribution in [1.82, 2.24) is 0 Å². The fraction of sp³-hybridized carbons (Fsp3) is 1.00. The summed E-state index contributed by atoms with van der Waals surface area (Å²) < 4.78 is 59.4. The Morgan fingerprint density at radius 2 is 1.54 bits per heavy atom. The van der Waals surface area contributed by atoms with Gasteiger partial charge in [0, 0.05) is 0 Å². The monoisotopic (exact) mass is 316 g/mol. The topological polar surface area (TPSA) is 0 Å². The van der Waals surface area contributed by atoms with Crippen molar-refractivity contribution in [1.29, 1.82) is 0 Å². The average molecular weight is 316 g/mol. The standard InChI is InChI=1S/C7H10F5I/c8-3-1-2-4(9)5(10)6(11)7(12)13/h4-7H,1-3H2. The summed E-state index contributed by atoms with van der Waals surface area (Å²) in [7, 11) is 0. The van der Waals surface area contributed by atoms with Crippen LogP contribution in [-0.4, -0.2) is 29.4 Å². The molecule has 0 fully saturated rings. The Kier molecular flexibility index (Phi) is 6.98. The number of hydrogen-bond acceptors (Lipinski definition) is 0. The first-order chi connectivity index (χ1) is 6.00. The highest BCUT2D eigenvalue weighted by Crippen LogP contribution is 2.23. The van der Waals surface area contributed by atoms with E-state index in [1.54, 1.807) is 0 Å². The molecule has 0 nitrogen and oxygen atoms in total. The molecule has 0 bridgehead atoms. The second kappa shape index (κ2) is 6.78. The van der Waals surface area contributed by atoms with Gasteiger partial charge in [0.05, 0.1) is 6.67 Å². The highest BCUT2D eigenvalue weighted by Gasteiger charge is 2.34. The van der Waals surface area contributed by atoms with E-state index in [9.17, 15) is 22.0 Å². The SMILES string of the molecule is FCCCC(F)C(F)C(F)C(F)I. The molecule has 0 aromatic rings. The summed E-state index contributed by atoms with van der Waals surface area (Å²) in [6, 6.07) is 0. The normalized spacial score (nSPS) is 20.8. The van der Waals surface area contributed by atoms with Crippen LogP contribution in [-0.2, 0) is 0 Å². The molecule has 0 heterocycles. The minimum Gasteiger partial charge on any atom is -0.251 e. The Balaban J connectivity index is 3.86. The summed E-state index contributed by atoms with van der Waals surface area (Å²) in [5.74, 6) is 0. The molecule has 0 radical (unpaired) electrons. The van der Waals surface area contributed by atoms with Gasteiger partial charge < -0.3 is 0 Å². The maximum atomic E-state index is 12.6. The van der Waals surface area contributed by atoms with Gasteiger partial charge in [0.1, 0.15) is 6.17 Å². The zero-order chi connectivity index (χ0) is 10.4. The molecule has 80 valence electrons. The van der Waals surface area contributed by atoms with Crippen molar-refractivity contribution in [3.63, 3.8) is 0 Å². The number of hydrogen-bond donors (Lipinski definition) is 0. The lowest BCUT2D eigenvalue weighted by molar-refractivity contribution is 0.0568.